The molecule has 2 rings (SSSR count). The van der Waals surface area contributed by atoms with Crippen molar-refractivity contribution in [3.63, 3.8) is 0 Å². The van der Waals surface area contributed by atoms with E-state index in [1.165, 1.54) is 6.42 Å². The molecule has 6 nitrogen and oxygen atoms in total. The summed E-state index contributed by atoms with van der Waals surface area (Å²) < 4.78 is 5.55. The summed E-state index contributed by atoms with van der Waals surface area (Å²) in [4.78, 5) is 15.4. The maximum absolute atomic E-state index is 5.55. The van der Waals surface area contributed by atoms with Gasteiger partial charge >= 0.3 is 6.01 Å². The van der Waals surface area contributed by atoms with Gasteiger partial charge in [-0.1, -0.05) is 20.8 Å². The second-order valence-corrected chi connectivity index (χ2v) is 5.53. The fourth-order valence-electron chi connectivity index (χ4n) is 2.30. The standard InChI is InChI=1S/C14H25N5O/c1-5-8-20-14-17-12(15-4)16-13(18-14)19-7-6-10(2)11(3)9-19/h10-11H,5-9H2,1-4H3,(H,15,16,17,18). The van der Waals surface area contributed by atoms with Crippen LogP contribution in [0.4, 0.5) is 11.9 Å². The lowest BCUT2D eigenvalue weighted by atomic mass is 9.89. The molecule has 0 radical (unpaired) electrons. The third-order valence-corrected chi connectivity index (χ3v) is 3.88. The molecular formula is C14H25N5O. The lowest BCUT2D eigenvalue weighted by Crippen LogP contribution is -2.39. The Hall–Kier alpha value is -1.59. The lowest BCUT2D eigenvalue weighted by Gasteiger charge is -2.35. The summed E-state index contributed by atoms with van der Waals surface area (Å²) in [6.07, 6.45) is 2.11. The van der Waals surface area contributed by atoms with E-state index >= 15 is 0 Å². The molecule has 0 bridgehead atoms. The van der Waals surface area contributed by atoms with Gasteiger partial charge in [0.2, 0.25) is 11.9 Å². The van der Waals surface area contributed by atoms with E-state index in [-0.39, 0.29) is 0 Å². The molecule has 6 heteroatoms. The summed E-state index contributed by atoms with van der Waals surface area (Å²) in [6.45, 7) is 9.26. The van der Waals surface area contributed by atoms with Crippen LogP contribution in [-0.4, -0.2) is 41.7 Å². The van der Waals surface area contributed by atoms with Gasteiger partial charge in [0, 0.05) is 20.1 Å². The molecule has 0 amide bonds. The summed E-state index contributed by atoms with van der Waals surface area (Å²) in [5, 5.41) is 2.97. The number of aromatic nitrogens is 3. The van der Waals surface area contributed by atoms with Crippen LogP contribution in [0.1, 0.15) is 33.6 Å². The average Bonchev–Trinajstić information content (AvgIpc) is 2.47. The van der Waals surface area contributed by atoms with Crippen LogP contribution in [0.3, 0.4) is 0 Å². The first-order valence-electron chi connectivity index (χ1n) is 7.45. The second kappa shape index (κ2) is 6.72. The molecule has 0 spiro atoms. The van der Waals surface area contributed by atoms with Crippen LogP contribution in [0.2, 0.25) is 0 Å². The van der Waals surface area contributed by atoms with E-state index < -0.39 is 0 Å². The van der Waals surface area contributed by atoms with Crippen molar-refractivity contribution in [2.24, 2.45) is 11.8 Å². The Bertz CT molecular complexity index is 440. The van der Waals surface area contributed by atoms with Gasteiger partial charge in [-0.05, 0) is 24.7 Å². The fraction of sp³-hybridized carbons (Fsp3) is 0.786. The SMILES string of the molecule is CCCOc1nc(NC)nc(N2CCC(C)C(C)C2)n1. The molecule has 1 aromatic heterocycles. The first-order valence-corrected chi connectivity index (χ1v) is 7.45. The highest BCUT2D eigenvalue weighted by molar-refractivity contribution is 5.38. The molecule has 1 aliphatic heterocycles. The van der Waals surface area contributed by atoms with Gasteiger partial charge in [0.15, 0.2) is 0 Å². The van der Waals surface area contributed by atoms with Crippen LogP contribution in [0.15, 0.2) is 0 Å². The van der Waals surface area contributed by atoms with Gasteiger partial charge in [-0.15, -0.1) is 0 Å². The number of hydrogen-bond donors (Lipinski definition) is 1. The van der Waals surface area contributed by atoms with E-state index in [1.54, 1.807) is 0 Å². The number of hydrogen-bond acceptors (Lipinski definition) is 6. The summed E-state index contributed by atoms with van der Waals surface area (Å²) in [7, 11) is 1.81. The number of nitrogens with one attached hydrogen (secondary N) is 1. The Morgan fingerprint density at radius 2 is 2.05 bits per heavy atom. The summed E-state index contributed by atoms with van der Waals surface area (Å²) in [6, 6.07) is 0.410. The van der Waals surface area contributed by atoms with Gasteiger partial charge in [-0.3, -0.25) is 0 Å². The van der Waals surface area contributed by atoms with E-state index in [9.17, 15) is 0 Å². The number of anilines is 2. The molecule has 1 aliphatic rings. The van der Waals surface area contributed by atoms with Gasteiger partial charge in [0.25, 0.3) is 0 Å². The molecule has 0 aromatic carbocycles. The maximum atomic E-state index is 5.55. The summed E-state index contributed by atoms with van der Waals surface area (Å²) in [5.41, 5.74) is 0. The molecule has 112 valence electrons. The minimum absolute atomic E-state index is 0.410. The van der Waals surface area contributed by atoms with Gasteiger partial charge in [0.1, 0.15) is 0 Å². The topological polar surface area (TPSA) is 63.2 Å². The Morgan fingerprint density at radius 3 is 2.70 bits per heavy atom. The van der Waals surface area contributed by atoms with Crippen LogP contribution in [-0.2, 0) is 0 Å². The zero-order chi connectivity index (χ0) is 14.5. The first-order chi connectivity index (χ1) is 9.63. The van der Waals surface area contributed by atoms with Crippen molar-refractivity contribution >= 4 is 11.9 Å². The zero-order valence-corrected chi connectivity index (χ0v) is 12.9. The Balaban J connectivity index is 2.17. The quantitative estimate of drug-likeness (QED) is 0.891. The highest BCUT2D eigenvalue weighted by atomic mass is 16.5. The smallest absolute Gasteiger partial charge is 0.323 e. The Kier molecular flexibility index (Phi) is 4.98. The predicted molar refractivity (Wildman–Crippen MR) is 80.3 cm³/mol. The van der Waals surface area contributed by atoms with Gasteiger partial charge < -0.3 is 15.0 Å². The third kappa shape index (κ3) is 3.49. The number of piperidine rings is 1. The first kappa shape index (κ1) is 14.8. The van der Waals surface area contributed by atoms with Crippen molar-refractivity contribution in [3.05, 3.63) is 0 Å². The van der Waals surface area contributed by atoms with E-state index in [2.05, 4.69) is 45.9 Å². The molecule has 2 heterocycles. The number of ether oxygens (including phenoxy) is 1. The molecule has 20 heavy (non-hydrogen) atoms. The van der Waals surface area contributed by atoms with Crippen molar-refractivity contribution < 1.29 is 4.74 Å². The normalized spacial score (nSPS) is 22.7. The zero-order valence-electron chi connectivity index (χ0n) is 12.9. The monoisotopic (exact) mass is 279 g/mol. The van der Waals surface area contributed by atoms with Crippen LogP contribution in [0, 0.1) is 11.8 Å². The van der Waals surface area contributed by atoms with Gasteiger partial charge in [-0.25, -0.2) is 0 Å². The summed E-state index contributed by atoms with van der Waals surface area (Å²) >= 11 is 0. The molecule has 0 aliphatic carbocycles. The highest BCUT2D eigenvalue weighted by Crippen LogP contribution is 2.26. The maximum Gasteiger partial charge on any atom is 0.323 e. The molecule has 0 saturated carbocycles. The van der Waals surface area contributed by atoms with Gasteiger partial charge in [-0.2, -0.15) is 15.0 Å². The van der Waals surface area contributed by atoms with Crippen LogP contribution < -0.4 is 15.0 Å². The number of nitrogens with zero attached hydrogens (tertiary/aromatic N) is 4. The molecule has 1 saturated heterocycles. The fourth-order valence-corrected chi connectivity index (χ4v) is 2.30. The van der Waals surface area contributed by atoms with Crippen molar-refractivity contribution in [1.82, 2.24) is 15.0 Å². The third-order valence-electron chi connectivity index (χ3n) is 3.88. The molecule has 1 N–H and O–H groups in total. The molecule has 1 fully saturated rings. The van der Waals surface area contributed by atoms with Crippen LogP contribution in [0.25, 0.3) is 0 Å². The van der Waals surface area contributed by atoms with E-state index in [0.29, 0.717) is 30.4 Å². The highest BCUT2D eigenvalue weighted by Gasteiger charge is 2.25. The van der Waals surface area contributed by atoms with Crippen LogP contribution >= 0.6 is 0 Å². The van der Waals surface area contributed by atoms with Crippen molar-refractivity contribution in [1.29, 1.82) is 0 Å². The van der Waals surface area contributed by atoms with Gasteiger partial charge in [0.05, 0.1) is 6.61 Å². The molecule has 1 aromatic rings. The van der Waals surface area contributed by atoms with E-state index in [4.69, 9.17) is 4.74 Å². The van der Waals surface area contributed by atoms with E-state index in [0.717, 1.165) is 25.4 Å². The summed E-state index contributed by atoms with van der Waals surface area (Å²) in [5.74, 6) is 2.69. The molecule has 2 atom stereocenters. The predicted octanol–water partition coefficient (Wildman–Crippen LogP) is 2.18. The Labute approximate surface area is 121 Å². The molecule has 2 unspecified atom stereocenters. The average molecular weight is 279 g/mol. The van der Waals surface area contributed by atoms with Crippen molar-refractivity contribution in [3.8, 4) is 6.01 Å². The van der Waals surface area contributed by atoms with E-state index in [1.807, 2.05) is 7.05 Å². The largest absolute Gasteiger partial charge is 0.463 e. The second-order valence-electron chi connectivity index (χ2n) is 5.53. The van der Waals surface area contributed by atoms with Crippen LogP contribution in [0.5, 0.6) is 6.01 Å². The Morgan fingerprint density at radius 1 is 1.25 bits per heavy atom. The molecular weight excluding hydrogens is 254 g/mol. The lowest BCUT2D eigenvalue weighted by molar-refractivity contribution is 0.289. The van der Waals surface area contributed by atoms with Crippen molar-refractivity contribution in [2.75, 3.05) is 37.0 Å². The number of rotatable bonds is 5. The minimum atomic E-state index is 0.410. The minimum Gasteiger partial charge on any atom is -0.463 e. The van der Waals surface area contributed by atoms with Crippen molar-refractivity contribution in [2.45, 2.75) is 33.6 Å².